The molecule has 0 aliphatic carbocycles. The Bertz CT molecular complexity index is 967. The van der Waals surface area contributed by atoms with Crippen molar-refractivity contribution < 1.29 is 0 Å². The summed E-state index contributed by atoms with van der Waals surface area (Å²) in [5.41, 5.74) is 5.70. The van der Waals surface area contributed by atoms with Gasteiger partial charge in [0, 0.05) is 46.4 Å². The number of pyridine rings is 1. The molecule has 0 amide bonds. The SMILES string of the molecule is Clc1cc2c(c3ncccc13)NSc1ccc(N3CCCCC3)cc1-2. The first kappa shape index (κ1) is 15.4. The third-order valence-corrected chi connectivity index (χ3v) is 6.27. The molecule has 0 atom stereocenters. The number of halogens is 1. The molecule has 25 heavy (non-hydrogen) atoms. The second kappa shape index (κ2) is 6.11. The predicted molar refractivity (Wildman–Crippen MR) is 108 cm³/mol. The van der Waals surface area contributed by atoms with Crippen LogP contribution in [0.5, 0.6) is 0 Å². The van der Waals surface area contributed by atoms with Gasteiger partial charge in [-0.1, -0.05) is 11.6 Å². The maximum atomic E-state index is 6.56. The summed E-state index contributed by atoms with van der Waals surface area (Å²) in [7, 11) is 0. The molecule has 2 aliphatic rings. The molecule has 3 heterocycles. The monoisotopic (exact) mass is 367 g/mol. The van der Waals surface area contributed by atoms with Crippen LogP contribution in [-0.2, 0) is 0 Å². The average molecular weight is 368 g/mol. The van der Waals surface area contributed by atoms with Crippen LogP contribution < -0.4 is 9.62 Å². The molecule has 1 N–H and O–H groups in total. The van der Waals surface area contributed by atoms with Crippen molar-refractivity contribution in [2.45, 2.75) is 24.2 Å². The van der Waals surface area contributed by atoms with Gasteiger partial charge in [0.25, 0.3) is 0 Å². The Kier molecular flexibility index (Phi) is 3.75. The van der Waals surface area contributed by atoms with Gasteiger partial charge in [-0.15, -0.1) is 0 Å². The van der Waals surface area contributed by atoms with Crippen LogP contribution in [0.15, 0.2) is 47.5 Å². The van der Waals surface area contributed by atoms with E-state index in [0.717, 1.165) is 40.3 Å². The number of rotatable bonds is 1. The summed E-state index contributed by atoms with van der Waals surface area (Å²) in [4.78, 5) is 8.30. The minimum atomic E-state index is 0.755. The molecule has 1 aromatic heterocycles. The van der Waals surface area contributed by atoms with Gasteiger partial charge in [0.05, 0.1) is 16.2 Å². The molecule has 0 unspecified atom stereocenters. The van der Waals surface area contributed by atoms with E-state index in [1.54, 1.807) is 11.9 Å². The van der Waals surface area contributed by atoms with Crippen molar-refractivity contribution in [3.8, 4) is 11.1 Å². The first-order valence-electron chi connectivity index (χ1n) is 8.71. The van der Waals surface area contributed by atoms with Crippen LogP contribution in [0.1, 0.15) is 19.3 Å². The number of benzene rings is 2. The molecule has 0 saturated carbocycles. The van der Waals surface area contributed by atoms with Crippen LogP contribution >= 0.6 is 23.5 Å². The highest BCUT2D eigenvalue weighted by molar-refractivity contribution is 8.00. The van der Waals surface area contributed by atoms with E-state index in [0.29, 0.717) is 0 Å². The maximum absolute atomic E-state index is 6.56. The molecule has 0 radical (unpaired) electrons. The molecule has 0 bridgehead atoms. The lowest BCUT2D eigenvalue weighted by Crippen LogP contribution is -2.29. The fourth-order valence-corrected chi connectivity index (χ4v) is 4.88. The van der Waals surface area contributed by atoms with E-state index in [-0.39, 0.29) is 0 Å². The zero-order valence-electron chi connectivity index (χ0n) is 13.8. The summed E-state index contributed by atoms with van der Waals surface area (Å²) in [6, 6.07) is 12.8. The fraction of sp³-hybridized carbons (Fsp3) is 0.250. The van der Waals surface area contributed by atoms with E-state index in [1.807, 2.05) is 18.3 Å². The number of nitrogens with one attached hydrogen (secondary N) is 1. The highest BCUT2D eigenvalue weighted by atomic mass is 35.5. The Hall–Kier alpha value is -1.91. The second-order valence-corrected chi connectivity index (χ2v) is 7.87. The highest BCUT2D eigenvalue weighted by Crippen LogP contribution is 2.47. The van der Waals surface area contributed by atoms with E-state index in [1.165, 1.54) is 35.4 Å². The average Bonchev–Trinajstić information content (AvgIpc) is 2.68. The topological polar surface area (TPSA) is 28.2 Å². The first-order valence-corrected chi connectivity index (χ1v) is 9.90. The van der Waals surface area contributed by atoms with Gasteiger partial charge in [0.1, 0.15) is 0 Å². The number of aromatic nitrogens is 1. The van der Waals surface area contributed by atoms with Gasteiger partial charge in [0.15, 0.2) is 0 Å². The minimum absolute atomic E-state index is 0.755. The Morgan fingerprint density at radius 1 is 1.04 bits per heavy atom. The molecule has 2 aromatic carbocycles. The Labute approximate surface area is 156 Å². The van der Waals surface area contributed by atoms with Gasteiger partial charge in [0.2, 0.25) is 0 Å². The summed E-state index contributed by atoms with van der Waals surface area (Å²) < 4.78 is 3.47. The zero-order valence-corrected chi connectivity index (χ0v) is 15.3. The Balaban J connectivity index is 1.68. The second-order valence-electron chi connectivity index (χ2n) is 6.61. The van der Waals surface area contributed by atoms with Crippen molar-refractivity contribution >= 4 is 45.8 Å². The van der Waals surface area contributed by atoms with E-state index >= 15 is 0 Å². The fourth-order valence-electron chi connectivity index (χ4n) is 3.79. The van der Waals surface area contributed by atoms with Crippen LogP contribution in [0.25, 0.3) is 22.0 Å². The zero-order chi connectivity index (χ0) is 16.8. The summed E-state index contributed by atoms with van der Waals surface area (Å²) in [6.45, 7) is 2.30. The number of nitrogens with zero attached hydrogens (tertiary/aromatic N) is 2. The standard InChI is InChI=1S/C20H18ClN3S/c21-17-12-16-15-11-13(24-9-2-1-3-10-24)6-7-18(15)25-23-20(16)19-14(17)5-4-8-22-19/h4-8,11-12,23H,1-3,9-10H2. The molecule has 2 aliphatic heterocycles. The Morgan fingerprint density at radius 3 is 2.80 bits per heavy atom. The highest BCUT2D eigenvalue weighted by Gasteiger charge is 2.22. The van der Waals surface area contributed by atoms with Gasteiger partial charge in [-0.25, -0.2) is 0 Å². The first-order chi connectivity index (χ1) is 12.3. The molecule has 126 valence electrons. The van der Waals surface area contributed by atoms with Crippen LogP contribution in [0.2, 0.25) is 5.02 Å². The predicted octanol–water partition coefficient (Wildman–Crippen LogP) is 5.98. The summed E-state index contributed by atoms with van der Waals surface area (Å²) in [5.74, 6) is 0. The van der Waals surface area contributed by atoms with Crippen molar-refractivity contribution in [2.24, 2.45) is 0 Å². The van der Waals surface area contributed by atoms with Gasteiger partial charge >= 0.3 is 0 Å². The van der Waals surface area contributed by atoms with E-state index in [9.17, 15) is 0 Å². The molecular formula is C20H18ClN3S. The van der Waals surface area contributed by atoms with Crippen molar-refractivity contribution in [3.63, 3.8) is 0 Å². The third-order valence-electron chi connectivity index (χ3n) is 5.08. The molecule has 1 saturated heterocycles. The van der Waals surface area contributed by atoms with Crippen molar-refractivity contribution in [2.75, 3.05) is 22.7 Å². The van der Waals surface area contributed by atoms with Gasteiger partial charge in [-0.3, -0.25) is 4.98 Å². The van der Waals surface area contributed by atoms with Gasteiger partial charge in [-0.2, -0.15) is 0 Å². The lowest BCUT2D eigenvalue weighted by molar-refractivity contribution is 0.578. The minimum Gasteiger partial charge on any atom is -0.372 e. The quantitative estimate of drug-likeness (QED) is 0.535. The van der Waals surface area contributed by atoms with E-state index in [2.05, 4.69) is 38.9 Å². The lowest BCUT2D eigenvalue weighted by atomic mass is 9.99. The van der Waals surface area contributed by atoms with Crippen molar-refractivity contribution in [1.82, 2.24) is 4.98 Å². The molecule has 0 spiro atoms. The number of hydrogen-bond acceptors (Lipinski definition) is 4. The van der Waals surface area contributed by atoms with Gasteiger partial charge < -0.3 is 9.62 Å². The number of anilines is 2. The van der Waals surface area contributed by atoms with Gasteiger partial charge in [-0.05, 0) is 67.6 Å². The summed E-state index contributed by atoms with van der Waals surface area (Å²) in [6.07, 6.45) is 5.73. The van der Waals surface area contributed by atoms with E-state index in [4.69, 9.17) is 11.6 Å². The smallest absolute Gasteiger partial charge is 0.0963 e. The number of piperidine rings is 1. The van der Waals surface area contributed by atoms with Crippen LogP contribution in [0.3, 0.4) is 0 Å². The molecular weight excluding hydrogens is 350 g/mol. The Morgan fingerprint density at radius 2 is 1.92 bits per heavy atom. The molecule has 3 nitrogen and oxygen atoms in total. The third kappa shape index (κ3) is 2.55. The number of fused-ring (bicyclic) bond motifs is 5. The van der Waals surface area contributed by atoms with Crippen LogP contribution in [0, 0.1) is 0 Å². The van der Waals surface area contributed by atoms with Crippen LogP contribution in [0.4, 0.5) is 11.4 Å². The normalized spacial score (nSPS) is 16.3. The molecule has 1 fully saturated rings. The molecule has 5 heteroatoms. The van der Waals surface area contributed by atoms with Crippen molar-refractivity contribution in [1.29, 1.82) is 0 Å². The summed E-state index contributed by atoms with van der Waals surface area (Å²) >= 11 is 8.22. The number of hydrogen-bond donors (Lipinski definition) is 1. The lowest BCUT2D eigenvalue weighted by Gasteiger charge is -2.30. The molecule has 5 rings (SSSR count). The largest absolute Gasteiger partial charge is 0.372 e. The molecule has 3 aromatic rings. The summed E-state index contributed by atoms with van der Waals surface area (Å²) in [5, 5.41) is 1.75. The van der Waals surface area contributed by atoms with Crippen LogP contribution in [-0.4, -0.2) is 18.1 Å². The maximum Gasteiger partial charge on any atom is 0.0963 e. The van der Waals surface area contributed by atoms with E-state index < -0.39 is 0 Å². The van der Waals surface area contributed by atoms with Crippen molar-refractivity contribution in [3.05, 3.63) is 47.6 Å².